The maximum absolute atomic E-state index is 12.1. The van der Waals surface area contributed by atoms with Gasteiger partial charge in [0.2, 0.25) is 5.91 Å². The number of carbonyl (C=O) groups is 2. The van der Waals surface area contributed by atoms with Crippen molar-refractivity contribution in [1.82, 2.24) is 5.32 Å². The number of carbonyl (C=O) groups excluding carboxylic acids is 2. The van der Waals surface area contributed by atoms with Gasteiger partial charge < -0.3 is 20.1 Å². The van der Waals surface area contributed by atoms with E-state index in [2.05, 4.69) is 116 Å². The van der Waals surface area contributed by atoms with E-state index in [1.54, 1.807) is 0 Å². The standard InChI is InChI=1S/C53H90NO8P/c1-3-5-7-9-11-13-15-17-19-21-23-24-25-26-28-30-32-34-36-38-40-42-44-46-53(57)60-49-51(55)50-62-63(58,59)61-48-47-54-52(56)45-43-41-39-37-35-33-31-29-27-22-20-18-16-14-12-10-8-6-4-2/h11-14,17-20,23-24,26-29,33,35,51,55H,3-10,15-16,21-22,25,30-32,34,36-50H2,1-2H3,(H,54,56)(H,58,59)/b13-11-,14-12-,19-17-,20-18-,24-23-,28-26-,29-27-,35-33-. The number of hydrogen-bond donors (Lipinski definition) is 3. The summed E-state index contributed by atoms with van der Waals surface area (Å²) in [4.78, 5) is 34.0. The van der Waals surface area contributed by atoms with Crippen LogP contribution >= 0.6 is 7.82 Å². The van der Waals surface area contributed by atoms with Crippen LogP contribution in [0.4, 0.5) is 0 Å². The molecule has 1 amide bonds. The van der Waals surface area contributed by atoms with Crippen molar-refractivity contribution >= 4 is 19.7 Å². The molecule has 0 aliphatic heterocycles. The highest BCUT2D eigenvalue weighted by Gasteiger charge is 2.23. The van der Waals surface area contributed by atoms with Crippen LogP contribution in [0.3, 0.4) is 0 Å². The van der Waals surface area contributed by atoms with Gasteiger partial charge >= 0.3 is 13.8 Å². The molecule has 63 heavy (non-hydrogen) atoms. The summed E-state index contributed by atoms with van der Waals surface area (Å²) in [6, 6.07) is 0. The lowest BCUT2D eigenvalue weighted by atomic mass is 10.1. The number of amides is 1. The molecule has 2 atom stereocenters. The number of aliphatic hydroxyl groups excluding tert-OH is 1. The van der Waals surface area contributed by atoms with Crippen LogP contribution in [0.1, 0.15) is 194 Å². The van der Waals surface area contributed by atoms with E-state index < -0.39 is 26.5 Å². The third kappa shape index (κ3) is 49.8. The Morgan fingerprint density at radius 2 is 0.857 bits per heavy atom. The second-order valence-corrected chi connectivity index (χ2v) is 17.5. The van der Waals surface area contributed by atoms with E-state index >= 15 is 0 Å². The number of aliphatic hydroxyl groups is 1. The number of phosphoric acid groups is 1. The Hall–Kier alpha value is -3.07. The van der Waals surface area contributed by atoms with E-state index in [-0.39, 0.29) is 32.1 Å². The third-order valence-corrected chi connectivity index (χ3v) is 11.0. The summed E-state index contributed by atoms with van der Waals surface area (Å²) in [5.41, 5.74) is 0. The molecule has 10 heteroatoms. The fourth-order valence-corrected chi connectivity index (χ4v) is 6.99. The zero-order valence-corrected chi connectivity index (χ0v) is 40.6. The Labute approximate surface area is 385 Å². The van der Waals surface area contributed by atoms with Gasteiger partial charge in [0.25, 0.3) is 0 Å². The van der Waals surface area contributed by atoms with Crippen LogP contribution in [0.25, 0.3) is 0 Å². The van der Waals surface area contributed by atoms with Crippen LogP contribution in [0.2, 0.25) is 0 Å². The molecule has 0 aromatic heterocycles. The van der Waals surface area contributed by atoms with Gasteiger partial charge in [0.05, 0.1) is 13.2 Å². The van der Waals surface area contributed by atoms with Crippen molar-refractivity contribution in [3.63, 3.8) is 0 Å². The van der Waals surface area contributed by atoms with Crippen LogP contribution in [0.5, 0.6) is 0 Å². The number of nitrogens with one attached hydrogen (secondary N) is 1. The number of phosphoric ester groups is 1. The summed E-state index contributed by atoms with van der Waals surface area (Å²) in [7, 11) is -4.44. The molecule has 3 N–H and O–H groups in total. The van der Waals surface area contributed by atoms with Crippen LogP contribution < -0.4 is 5.32 Å². The lowest BCUT2D eigenvalue weighted by molar-refractivity contribution is -0.147. The number of hydrogen-bond acceptors (Lipinski definition) is 7. The Balaban J connectivity index is 3.67. The molecule has 0 aromatic rings. The number of unbranched alkanes of at least 4 members (excludes halogenated alkanes) is 16. The Bertz CT molecular complexity index is 1350. The predicted octanol–water partition coefficient (Wildman–Crippen LogP) is 14.6. The quantitative estimate of drug-likeness (QED) is 0.0238. The predicted molar refractivity (Wildman–Crippen MR) is 265 cm³/mol. The van der Waals surface area contributed by atoms with Gasteiger partial charge in [-0.25, -0.2) is 4.57 Å². The summed E-state index contributed by atoms with van der Waals surface area (Å²) in [6.45, 7) is 3.44. The molecule has 0 aliphatic rings. The largest absolute Gasteiger partial charge is 0.472 e. The minimum absolute atomic E-state index is 0.0574. The fourth-order valence-electron chi connectivity index (χ4n) is 6.23. The monoisotopic (exact) mass is 900 g/mol. The maximum Gasteiger partial charge on any atom is 0.472 e. The zero-order valence-electron chi connectivity index (χ0n) is 39.7. The summed E-state index contributed by atoms with van der Waals surface area (Å²) < 4.78 is 26.9. The van der Waals surface area contributed by atoms with Gasteiger partial charge in [0, 0.05) is 19.4 Å². The molecule has 0 fully saturated rings. The average Bonchev–Trinajstić information content (AvgIpc) is 3.27. The molecule has 0 bridgehead atoms. The van der Waals surface area contributed by atoms with Gasteiger partial charge in [0.15, 0.2) is 0 Å². The number of allylic oxidation sites excluding steroid dienone is 16. The first kappa shape index (κ1) is 59.9. The molecular formula is C53H90NO8P. The van der Waals surface area contributed by atoms with Crippen molar-refractivity contribution in [1.29, 1.82) is 0 Å². The smallest absolute Gasteiger partial charge is 0.463 e. The first-order valence-electron chi connectivity index (χ1n) is 24.7. The Morgan fingerprint density at radius 3 is 1.30 bits per heavy atom. The molecule has 0 spiro atoms. The van der Waals surface area contributed by atoms with E-state index in [0.717, 1.165) is 96.3 Å². The van der Waals surface area contributed by atoms with E-state index in [4.69, 9.17) is 13.8 Å². The average molecular weight is 900 g/mol. The van der Waals surface area contributed by atoms with Crippen molar-refractivity contribution in [2.45, 2.75) is 200 Å². The molecule has 0 radical (unpaired) electrons. The first-order valence-corrected chi connectivity index (χ1v) is 26.2. The highest BCUT2D eigenvalue weighted by molar-refractivity contribution is 7.47. The van der Waals surface area contributed by atoms with Crippen LogP contribution in [-0.2, 0) is 27.9 Å². The molecule has 360 valence electrons. The molecular weight excluding hydrogens is 810 g/mol. The van der Waals surface area contributed by atoms with E-state index in [0.29, 0.717) is 6.42 Å². The Kier molecular flexibility index (Phi) is 46.0. The lowest BCUT2D eigenvalue weighted by Crippen LogP contribution is -2.27. The van der Waals surface area contributed by atoms with E-state index in [1.165, 1.54) is 70.6 Å². The molecule has 0 aliphatic carbocycles. The van der Waals surface area contributed by atoms with Gasteiger partial charge in [0.1, 0.15) is 12.7 Å². The van der Waals surface area contributed by atoms with Crippen LogP contribution in [0.15, 0.2) is 97.2 Å². The minimum Gasteiger partial charge on any atom is -0.463 e. The van der Waals surface area contributed by atoms with Crippen molar-refractivity contribution in [2.24, 2.45) is 0 Å². The molecule has 2 unspecified atom stereocenters. The van der Waals surface area contributed by atoms with Crippen molar-refractivity contribution in [2.75, 3.05) is 26.4 Å². The van der Waals surface area contributed by atoms with Gasteiger partial charge in [-0.2, -0.15) is 0 Å². The van der Waals surface area contributed by atoms with Crippen LogP contribution in [0, 0.1) is 0 Å². The molecule has 9 nitrogen and oxygen atoms in total. The Morgan fingerprint density at radius 1 is 0.492 bits per heavy atom. The summed E-state index contributed by atoms with van der Waals surface area (Å²) in [5, 5.41) is 12.7. The zero-order chi connectivity index (χ0) is 46.0. The third-order valence-electron chi connectivity index (χ3n) is 9.99. The van der Waals surface area contributed by atoms with Gasteiger partial charge in [-0.3, -0.25) is 18.6 Å². The molecule has 0 rings (SSSR count). The van der Waals surface area contributed by atoms with E-state index in [1.807, 2.05) is 0 Å². The SMILES string of the molecule is CCCCC/C=C\C/C=C\C/C=C\C/C=C\CCCCCCCCCC(=O)OCC(O)COP(=O)(O)OCCNC(=O)CCCCC/C=C\C/C=C\C/C=C\C/C=C\CCCCC. The van der Waals surface area contributed by atoms with Crippen molar-refractivity contribution in [3.05, 3.63) is 97.2 Å². The summed E-state index contributed by atoms with van der Waals surface area (Å²) in [6.07, 6.45) is 63.3. The highest BCUT2D eigenvalue weighted by atomic mass is 31.2. The molecule has 0 aromatic carbocycles. The topological polar surface area (TPSA) is 131 Å². The molecule has 0 saturated heterocycles. The summed E-state index contributed by atoms with van der Waals surface area (Å²) >= 11 is 0. The van der Waals surface area contributed by atoms with Gasteiger partial charge in [-0.05, 0) is 103 Å². The van der Waals surface area contributed by atoms with Gasteiger partial charge in [-0.1, -0.05) is 175 Å². The number of rotatable bonds is 45. The molecule has 0 saturated carbocycles. The van der Waals surface area contributed by atoms with E-state index in [9.17, 15) is 24.2 Å². The van der Waals surface area contributed by atoms with Gasteiger partial charge in [-0.15, -0.1) is 0 Å². The fraction of sp³-hybridized carbons (Fsp3) is 0.660. The minimum atomic E-state index is -4.44. The second kappa shape index (κ2) is 48.4. The second-order valence-electron chi connectivity index (χ2n) is 16.1. The van der Waals surface area contributed by atoms with Crippen LogP contribution in [-0.4, -0.2) is 54.3 Å². The number of esters is 1. The van der Waals surface area contributed by atoms with Crippen molar-refractivity contribution < 1.29 is 37.9 Å². The molecule has 0 heterocycles. The first-order chi connectivity index (χ1) is 30.8. The summed E-state index contributed by atoms with van der Waals surface area (Å²) in [5.74, 6) is -0.564. The highest BCUT2D eigenvalue weighted by Crippen LogP contribution is 2.42. The maximum atomic E-state index is 12.1. The van der Waals surface area contributed by atoms with Crippen molar-refractivity contribution in [3.8, 4) is 0 Å². The lowest BCUT2D eigenvalue weighted by Gasteiger charge is -2.15. The number of ether oxygens (including phenoxy) is 1. The normalized spacial score (nSPS) is 14.0.